The molecule has 1 radical (unpaired) electrons. The summed E-state index contributed by atoms with van der Waals surface area (Å²) in [5.74, 6) is -0.832. The average Bonchev–Trinajstić information content (AvgIpc) is 2.64. The third kappa shape index (κ3) is 1.29. The summed E-state index contributed by atoms with van der Waals surface area (Å²) in [4.78, 5) is 10.4. The molecule has 1 aliphatic heterocycles. The molecule has 57 valence electrons. The summed E-state index contributed by atoms with van der Waals surface area (Å²) in [5, 5.41) is 8.58. The van der Waals surface area contributed by atoms with Gasteiger partial charge in [-0.3, -0.25) is 0 Å². The maximum atomic E-state index is 10.4. The van der Waals surface area contributed by atoms with Gasteiger partial charge in [-0.1, -0.05) is 13.3 Å². The molecule has 0 aliphatic carbocycles. The highest BCUT2D eigenvalue weighted by atomic mass is 16.6. The fourth-order valence-electron chi connectivity index (χ4n) is 0.872. The maximum absolute atomic E-state index is 10.4. The fraction of sp³-hybridized carbons (Fsp3) is 0.714. The molecule has 1 heterocycles. The van der Waals surface area contributed by atoms with Crippen LogP contribution in [0.15, 0.2) is 0 Å². The molecule has 0 spiro atoms. The third-order valence-electron chi connectivity index (χ3n) is 1.71. The minimum Gasteiger partial charge on any atom is -0.479 e. The Hall–Kier alpha value is -0.570. The van der Waals surface area contributed by atoms with Crippen molar-refractivity contribution in [1.29, 1.82) is 0 Å². The number of rotatable bonds is 4. The molecule has 0 aromatic heterocycles. The number of carboxylic acids is 1. The van der Waals surface area contributed by atoms with Gasteiger partial charge in [-0.25, -0.2) is 4.79 Å². The number of hydrogen-bond donors (Lipinski definition) is 1. The number of aliphatic carboxylic acids is 1. The molecule has 1 fully saturated rings. The van der Waals surface area contributed by atoms with Gasteiger partial charge in [0.05, 0.1) is 6.61 Å². The van der Waals surface area contributed by atoms with E-state index in [0.717, 1.165) is 12.8 Å². The number of unbranched alkanes of at least 4 members (excludes halogenated alkanes) is 1. The molecular formula is C7H11O3. The molecule has 0 saturated carbocycles. The highest BCUT2D eigenvalue weighted by Crippen LogP contribution is 2.32. The normalized spacial score (nSPS) is 30.1. The van der Waals surface area contributed by atoms with Crippen molar-refractivity contribution in [3.8, 4) is 0 Å². The Balaban J connectivity index is 2.31. The first-order chi connectivity index (χ1) is 4.71. The summed E-state index contributed by atoms with van der Waals surface area (Å²) in [6.45, 7) is 4.00. The van der Waals surface area contributed by atoms with E-state index in [1.807, 2.05) is 0 Å². The van der Waals surface area contributed by atoms with Crippen molar-refractivity contribution in [3.63, 3.8) is 0 Å². The molecule has 3 heteroatoms. The fourth-order valence-corrected chi connectivity index (χ4v) is 0.872. The van der Waals surface area contributed by atoms with Crippen molar-refractivity contribution in [2.75, 3.05) is 6.61 Å². The molecule has 3 nitrogen and oxygen atoms in total. The van der Waals surface area contributed by atoms with Crippen molar-refractivity contribution < 1.29 is 14.6 Å². The number of ether oxygens (including phenoxy) is 1. The largest absolute Gasteiger partial charge is 0.479 e. The summed E-state index contributed by atoms with van der Waals surface area (Å²) < 4.78 is 4.83. The van der Waals surface area contributed by atoms with Gasteiger partial charge in [0.15, 0.2) is 5.60 Å². The van der Waals surface area contributed by atoms with Gasteiger partial charge in [0.1, 0.15) is 0 Å². The summed E-state index contributed by atoms with van der Waals surface area (Å²) in [5.41, 5.74) is -0.822. The zero-order chi connectivity index (χ0) is 7.61. The van der Waals surface area contributed by atoms with Gasteiger partial charge in [-0.2, -0.15) is 0 Å². The molecule has 1 unspecified atom stereocenters. The highest BCUT2D eigenvalue weighted by Gasteiger charge is 2.51. The highest BCUT2D eigenvalue weighted by molar-refractivity contribution is 5.80. The molecule has 10 heavy (non-hydrogen) atoms. The molecule has 1 N–H and O–H groups in total. The predicted molar refractivity (Wildman–Crippen MR) is 35.5 cm³/mol. The lowest BCUT2D eigenvalue weighted by Gasteiger charge is -2.02. The van der Waals surface area contributed by atoms with Crippen LogP contribution in [-0.2, 0) is 9.53 Å². The minimum absolute atomic E-state index is 0.377. The number of hydrogen-bond acceptors (Lipinski definition) is 2. The van der Waals surface area contributed by atoms with Crippen LogP contribution in [0, 0.1) is 6.92 Å². The van der Waals surface area contributed by atoms with Gasteiger partial charge in [0.25, 0.3) is 0 Å². The van der Waals surface area contributed by atoms with Crippen LogP contribution in [0.3, 0.4) is 0 Å². The zero-order valence-electron chi connectivity index (χ0n) is 5.80. The van der Waals surface area contributed by atoms with Crippen LogP contribution in [-0.4, -0.2) is 23.3 Å². The van der Waals surface area contributed by atoms with Gasteiger partial charge in [-0.15, -0.1) is 0 Å². The lowest BCUT2D eigenvalue weighted by molar-refractivity contribution is -0.143. The Kier molecular flexibility index (Phi) is 1.94. The molecule has 1 atom stereocenters. The van der Waals surface area contributed by atoms with E-state index >= 15 is 0 Å². The molecule has 1 aliphatic rings. The third-order valence-corrected chi connectivity index (χ3v) is 1.71. The Morgan fingerprint density at radius 2 is 2.40 bits per heavy atom. The van der Waals surface area contributed by atoms with E-state index in [-0.39, 0.29) is 0 Å². The second kappa shape index (κ2) is 2.58. The van der Waals surface area contributed by atoms with Crippen molar-refractivity contribution in [2.45, 2.75) is 24.9 Å². The van der Waals surface area contributed by atoms with Crippen molar-refractivity contribution in [1.82, 2.24) is 0 Å². The van der Waals surface area contributed by atoms with Crippen LogP contribution >= 0.6 is 0 Å². The Labute approximate surface area is 60.0 Å². The summed E-state index contributed by atoms with van der Waals surface area (Å²) in [6, 6.07) is 0. The second-order valence-electron chi connectivity index (χ2n) is 2.55. The van der Waals surface area contributed by atoms with Crippen molar-refractivity contribution in [2.24, 2.45) is 0 Å². The van der Waals surface area contributed by atoms with Gasteiger partial charge in [-0.05, 0) is 12.8 Å². The molecule has 0 bridgehead atoms. The van der Waals surface area contributed by atoms with Crippen LogP contribution in [0.1, 0.15) is 19.3 Å². The SMILES string of the molecule is [CH2]CCCC1(C(=O)O)CO1. The van der Waals surface area contributed by atoms with Crippen molar-refractivity contribution >= 4 is 5.97 Å². The van der Waals surface area contributed by atoms with Crippen LogP contribution in [0.2, 0.25) is 0 Å². The monoisotopic (exact) mass is 143 g/mol. The van der Waals surface area contributed by atoms with E-state index in [0.29, 0.717) is 13.0 Å². The Bertz CT molecular complexity index is 138. The van der Waals surface area contributed by atoms with Gasteiger partial charge < -0.3 is 9.84 Å². The molecule has 1 saturated heterocycles. The smallest absolute Gasteiger partial charge is 0.338 e. The van der Waals surface area contributed by atoms with Crippen LogP contribution < -0.4 is 0 Å². The molecular weight excluding hydrogens is 132 g/mol. The Morgan fingerprint density at radius 1 is 1.80 bits per heavy atom. The quantitative estimate of drug-likeness (QED) is 0.593. The Morgan fingerprint density at radius 3 is 2.70 bits per heavy atom. The second-order valence-corrected chi connectivity index (χ2v) is 2.55. The molecule has 0 aromatic rings. The van der Waals surface area contributed by atoms with E-state index in [2.05, 4.69) is 6.92 Å². The first-order valence-electron chi connectivity index (χ1n) is 3.38. The lowest BCUT2D eigenvalue weighted by atomic mass is 10.0. The van der Waals surface area contributed by atoms with Gasteiger partial charge in [0, 0.05) is 0 Å². The van der Waals surface area contributed by atoms with Crippen molar-refractivity contribution in [3.05, 3.63) is 6.92 Å². The standard InChI is InChI=1S/C7H11O3/c1-2-3-4-7(5-10-7)6(8)9/h1-5H2,(H,8,9). The van der Waals surface area contributed by atoms with Gasteiger partial charge >= 0.3 is 5.97 Å². The first-order valence-corrected chi connectivity index (χ1v) is 3.38. The molecule has 0 aromatic carbocycles. The average molecular weight is 143 g/mol. The molecule has 1 rings (SSSR count). The van der Waals surface area contributed by atoms with Crippen LogP contribution in [0.4, 0.5) is 0 Å². The van der Waals surface area contributed by atoms with E-state index in [4.69, 9.17) is 9.84 Å². The van der Waals surface area contributed by atoms with E-state index in [9.17, 15) is 4.79 Å². The predicted octanol–water partition coefficient (Wildman–Crippen LogP) is 0.844. The maximum Gasteiger partial charge on any atom is 0.338 e. The lowest BCUT2D eigenvalue weighted by Crippen LogP contribution is -2.23. The van der Waals surface area contributed by atoms with E-state index in [1.165, 1.54) is 0 Å². The first kappa shape index (κ1) is 7.54. The van der Waals surface area contributed by atoms with Crippen LogP contribution in [0.5, 0.6) is 0 Å². The van der Waals surface area contributed by atoms with Gasteiger partial charge in [0.2, 0.25) is 0 Å². The number of carboxylic acid groups (broad SMARTS) is 1. The van der Waals surface area contributed by atoms with Crippen LogP contribution in [0.25, 0.3) is 0 Å². The topological polar surface area (TPSA) is 49.8 Å². The summed E-state index contributed by atoms with van der Waals surface area (Å²) >= 11 is 0. The summed E-state index contributed by atoms with van der Waals surface area (Å²) in [7, 11) is 0. The van der Waals surface area contributed by atoms with E-state index in [1.54, 1.807) is 0 Å². The number of carbonyl (C=O) groups is 1. The number of epoxide rings is 1. The van der Waals surface area contributed by atoms with E-state index < -0.39 is 11.6 Å². The molecule has 0 amide bonds. The minimum atomic E-state index is -0.832. The summed E-state index contributed by atoms with van der Waals surface area (Å²) in [6.07, 6.45) is 2.20. The zero-order valence-corrected chi connectivity index (χ0v) is 5.80.